The van der Waals surface area contributed by atoms with E-state index in [0.717, 1.165) is 29.7 Å². The number of aromatic nitrogens is 2. The number of hydrogen-bond acceptors (Lipinski definition) is 5. The van der Waals surface area contributed by atoms with Crippen LogP contribution in [0, 0.1) is 11.8 Å². The molecular formula is C17H21N3O2. The van der Waals surface area contributed by atoms with Gasteiger partial charge in [-0.15, -0.1) is 0 Å². The lowest BCUT2D eigenvalue weighted by Crippen LogP contribution is -2.21. The van der Waals surface area contributed by atoms with Crippen molar-refractivity contribution in [1.82, 2.24) is 15.0 Å². The van der Waals surface area contributed by atoms with E-state index in [4.69, 9.17) is 9.26 Å². The van der Waals surface area contributed by atoms with Gasteiger partial charge in [-0.2, -0.15) is 4.98 Å². The van der Waals surface area contributed by atoms with Crippen molar-refractivity contribution in [2.24, 2.45) is 11.8 Å². The summed E-state index contributed by atoms with van der Waals surface area (Å²) in [6.07, 6.45) is 4.19. The molecule has 1 saturated heterocycles. The standard InChI is InChI=1S/C17H21N3O2/c1-21-15-7-5-12(6-8-15)17-18-16(22-19-17)11-20-9-13-3-2-4-14(13)10-20/h5-8,13-14H,2-4,9-11H2,1H3/t13-,14+. The molecule has 0 amide bonds. The number of hydrogen-bond donors (Lipinski definition) is 0. The Bertz CT molecular complexity index is 626. The molecule has 0 spiro atoms. The average molecular weight is 299 g/mol. The van der Waals surface area contributed by atoms with Crippen molar-refractivity contribution in [2.75, 3.05) is 20.2 Å². The van der Waals surface area contributed by atoms with E-state index < -0.39 is 0 Å². The largest absolute Gasteiger partial charge is 0.497 e. The zero-order chi connectivity index (χ0) is 14.9. The van der Waals surface area contributed by atoms with Crippen molar-refractivity contribution >= 4 is 0 Å². The Morgan fingerprint density at radius 1 is 1.18 bits per heavy atom. The van der Waals surface area contributed by atoms with Gasteiger partial charge in [-0.05, 0) is 48.9 Å². The molecule has 1 aromatic carbocycles. The Kier molecular flexibility index (Phi) is 3.58. The number of rotatable bonds is 4. The second-order valence-corrected chi connectivity index (χ2v) is 6.39. The van der Waals surface area contributed by atoms with Gasteiger partial charge in [0.15, 0.2) is 0 Å². The first kappa shape index (κ1) is 13.8. The van der Waals surface area contributed by atoms with E-state index in [1.54, 1.807) is 7.11 Å². The van der Waals surface area contributed by atoms with Crippen LogP contribution in [0.25, 0.3) is 11.4 Å². The number of likely N-dealkylation sites (tertiary alicyclic amines) is 1. The molecular weight excluding hydrogens is 278 g/mol. The van der Waals surface area contributed by atoms with Gasteiger partial charge >= 0.3 is 0 Å². The second kappa shape index (κ2) is 5.72. The third-order valence-corrected chi connectivity index (χ3v) is 4.98. The molecule has 2 aromatic rings. The SMILES string of the molecule is COc1ccc(-c2noc(CN3C[C@H]4CCC[C@H]4C3)n2)cc1. The van der Waals surface area contributed by atoms with Crippen LogP contribution in [0.3, 0.4) is 0 Å². The molecule has 5 heteroatoms. The lowest BCUT2D eigenvalue weighted by atomic mass is 10.0. The number of fused-ring (bicyclic) bond motifs is 1. The van der Waals surface area contributed by atoms with E-state index in [9.17, 15) is 0 Å². The van der Waals surface area contributed by atoms with Crippen molar-refractivity contribution in [3.63, 3.8) is 0 Å². The molecule has 4 rings (SSSR count). The normalized spacial score (nSPS) is 24.6. The minimum Gasteiger partial charge on any atom is -0.497 e. The lowest BCUT2D eigenvalue weighted by molar-refractivity contribution is 0.252. The zero-order valence-electron chi connectivity index (χ0n) is 12.9. The van der Waals surface area contributed by atoms with Gasteiger partial charge in [0.05, 0.1) is 13.7 Å². The summed E-state index contributed by atoms with van der Waals surface area (Å²) in [6.45, 7) is 3.14. The van der Waals surface area contributed by atoms with Crippen LogP contribution in [0.5, 0.6) is 5.75 Å². The molecule has 5 nitrogen and oxygen atoms in total. The predicted octanol–water partition coefficient (Wildman–Crippen LogP) is 2.98. The molecule has 22 heavy (non-hydrogen) atoms. The summed E-state index contributed by atoms with van der Waals surface area (Å²) in [5.41, 5.74) is 0.953. The van der Waals surface area contributed by atoms with Crippen molar-refractivity contribution in [3.8, 4) is 17.1 Å². The summed E-state index contributed by atoms with van der Waals surface area (Å²) >= 11 is 0. The Morgan fingerprint density at radius 2 is 1.91 bits per heavy atom. The lowest BCUT2D eigenvalue weighted by Gasteiger charge is -2.13. The van der Waals surface area contributed by atoms with E-state index in [-0.39, 0.29) is 0 Å². The molecule has 0 unspecified atom stereocenters. The summed E-state index contributed by atoms with van der Waals surface area (Å²) in [7, 11) is 1.66. The molecule has 0 N–H and O–H groups in total. The fourth-order valence-electron chi connectivity index (χ4n) is 3.83. The first-order valence-electron chi connectivity index (χ1n) is 8.01. The molecule has 116 valence electrons. The smallest absolute Gasteiger partial charge is 0.241 e. The minimum atomic E-state index is 0.650. The molecule has 2 atom stereocenters. The van der Waals surface area contributed by atoms with Crippen LogP contribution in [0.4, 0.5) is 0 Å². The van der Waals surface area contributed by atoms with Gasteiger partial charge in [-0.25, -0.2) is 0 Å². The molecule has 1 aliphatic heterocycles. The molecule has 2 fully saturated rings. The number of ether oxygens (including phenoxy) is 1. The topological polar surface area (TPSA) is 51.4 Å². The fraction of sp³-hybridized carbons (Fsp3) is 0.529. The van der Waals surface area contributed by atoms with Crippen LogP contribution in [0.1, 0.15) is 25.2 Å². The summed E-state index contributed by atoms with van der Waals surface area (Å²) in [4.78, 5) is 6.99. The molecule has 0 radical (unpaired) electrons. The van der Waals surface area contributed by atoms with Crippen LogP contribution in [-0.2, 0) is 6.54 Å². The molecule has 1 saturated carbocycles. The van der Waals surface area contributed by atoms with Crippen LogP contribution in [-0.4, -0.2) is 35.2 Å². The van der Waals surface area contributed by atoms with E-state index in [1.165, 1.54) is 32.4 Å². The monoisotopic (exact) mass is 299 g/mol. The van der Waals surface area contributed by atoms with E-state index >= 15 is 0 Å². The predicted molar refractivity (Wildman–Crippen MR) is 82.4 cm³/mol. The Labute approximate surface area is 130 Å². The highest BCUT2D eigenvalue weighted by Gasteiger charge is 2.36. The Balaban J connectivity index is 1.43. The highest BCUT2D eigenvalue weighted by atomic mass is 16.5. The van der Waals surface area contributed by atoms with Gasteiger partial charge in [0.2, 0.25) is 11.7 Å². The molecule has 0 bridgehead atoms. The van der Waals surface area contributed by atoms with Crippen molar-refractivity contribution in [3.05, 3.63) is 30.2 Å². The maximum atomic E-state index is 5.43. The third kappa shape index (κ3) is 2.61. The Morgan fingerprint density at radius 3 is 2.59 bits per heavy atom. The van der Waals surface area contributed by atoms with Gasteiger partial charge in [0.25, 0.3) is 0 Å². The summed E-state index contributed by atoms with van der Waals surface area (Å²) in [5, 5.41) is 4.10. The van der Waals surface area contributed by atoms with Gasteiger partial charge in [0.1, 0.15) is 5.75 Å². The van der Waals surface area contributed by atoms with Crippen molar-refractivity contribution < 1.29 is 9.26 Å². The van der Waals surface area contributed by atoms with Crippen LogP contribution in [0.15, 0.2) is 28.8 Å². The number of methoxy groups -OCH3 is 1. The van der Waals surface area contributed by atoms with Gasteiger partial charge in [-0.1, -0.05) is 11.6 Å². The summed E-state index contributed by atoms with van der Waals surface area (Å²) in [5.74, 6) is 3.98. The van der Waals surface area contributed by atoms with E-state index in [2.05, 4.69) is 15.0 Å². The number of nitrogens with zero attached hydrogens (tertiary/aromatic N) is 3. The maximum absolute atomic E-state index is 5.43. The average Bonchev–Trinajstić information content (AvgIpc) is 3.24. The number of benzene rings is 1. The third-order valence-electron chi connectivity index (χ3n) is 4.98. The molecule has 2 aliphatic rings. The molecule has 1 aliphatic carbocycles. The zero-order valence-corrected chi connectivity index (χ0v) is 12.9. The van der Waals surface area contributed by atoms with Crippen LogP contribution >= 0.6 is 0 Å². The van der Waals surface area contributed by atoms with Gasteiger partial charge < -0.3 is 9.26 Å². The van der Waals surface area contributed by atoms with Gasteiger partial charge in [-0.3, -0.25) is 4.90 Å². The molecule has 2 heterocycles. The van der Waals surface area contributed by atoms with Crippen molar-refractivity contribution in [2.45, 2.75) is 25.8 Å². The summed E-state index contributed by atoms with van der Waals surface area (Å²) in [6, 6.07) is 7.72. The summed E-state index contributed by atoms with van der Waals surface area (Å²) < 4.78 is 10.6. The van der Waals surface area contributed by atoms with Crippen LogP contribution < -0.4 is 4.74 Å². The minimum absolute atomic E-state index is 0.650. The van der Waals surface area contributed by atoms with Gasteiger partial charge in [0, 0.05) is 18.7 Å². The first-order chi connectivity index (χ1) is 10.8. The Hall–Kier alpha value is -1.88. The maximum Gasteiger partial charge on any atom is 0.241 e. The van der Waals surface area contributed by atoms with E-state index in [1.807, 2.05) is 24.3 Å². The highest BCUT2D eigenvalue weighted by Crippen LogP contribution is 2.38. The molecule has 1 aromatic heterocycles. The highest BCUT2D eigenvalue weighted by molar-refractivity contribution is 5.55. The van der Waals surface area contributed by atoms with Crippen molar-refractivity contribution in [1.29, 1.82) is 0 Å². The second-order valence-electron chi connectivity index (χ2n) is 6.39. The fourth-order valence-corrected chi connectivity index (χ4v) is 3.83. The van der Waals surface area contributed by atoms with E-state index in [0.29, 0.717) is 11.7 Å². The van der Waals surface area contributed by atoms with Crippen LogP contribution in [0.2, 0.25) is 0 Å². The first-order valence-corrected chi connectivity index (χ1v) is 8.01. The quantitative estimate of drug-likeness (QED) is 0.868.